The molecule has 7 nitrogen and oxygen atoms in total. The van der Waals surface area contributed by atoms with Crippen LogP contribution in [-0.2, 0) is 13.5 Å². The number of aryl methyl sites for hydroxylation is 1. The molecule has 1 fully saturated rings. The molecule has 0 aliphatic heterocycles. The van der Waals surface area contributed by atoms with Gasteiger partial charge in [0.2, 0.25) is 0 Å². The van der Waals surface area contributed by atoms with Gasteiger partial charge in [0.15, 0.2) is 0 Å². The van der Waals surface area contributed by atoms with Crippen LogP contribution in [0.2, 0.25) is 0 Å². The average Bonchev–Trinajstić information content (AvgIpc) is 3.45. The Labute approximate surface area is 190 Å². The van der Waals surface area contributed by atoms with Gasteiger partial charge in [0.05, 0.1) is 23.4 Å². The lowest BCUT2D eigenvalue weighted by atomic mass is 9.92. The zero-order chi connectivity index (χ0) is 22.9. The summed E-state index contributed by atoms with van der Waals surface area (Å²) >= 11 is 0. The Morgan fingerprint density at radius 1 is 1.21 bits per heavy atom. The highest BCUT2D eigenvalue weighted by Crippen LogP contribution is 2.24. The van der Waals surface area contributed by atoms with Crippen molar-refractivity contribution < 1.29 is 14.3 Å². The molecular formula is C25H26FN5O2. The van der Waals surface area contributed by atoms with Crippen molar-refractivity contribution in [2.24, 2.45) is 7.05 Å². The second kappa shape index (κ2) is 8.78. The molecule has 3 aromatic heterocycles. The van der Waals surface area contributed by atoms with Crippen LogP contribution in [-0.4, -0.2) is 42.3 Å². The summed E-state index contributed by atoms with van der Waals surface area (Å²) in [6.07, 6.45) is 10.3. The Bertz CT molecular complexity index is 1310. The van der Waals surface area contributed by atoms with Gasteiger partial charge in [-0.3, -0.25) is 9.48 Å². The number of aromatic nitrogens is 4. The van der Waals surface area contributed by atoms with Crippen LogP contribution >= 0.6 is 0 Å². The number of nitrogens with one attached hydrogen (secondary N) is 1. The van der Waals surface area contributed by atoms with Crippen molar-refractivity contribution in [3.05, 3.63) is 77.6 Å². The van der Waals surface area contributed by atoms with Crippen LogP contribution in [0, 0.1) is 5.82 Å². The number of rotatable bonds is 5. The molecule has 0 unspecified atom stereocenters. The standard InChI is InChI=1S/C25H26FN5O2/c1-30-10-8-21(29-30)18-7-6-17(20(26)14-18)12-16-13-19(24-27-9-11-31(24)15-16)25(33)28-22-4-2-3-5-23(22)32/h6-11,13-15,22-23,32H,2-5,12H2,1H3,(H,28,33)/t22-,23-/m0/s1. The summed E-state index contributed by atoms with van der Waals surface area (Å²) in [5, 5.41) is 17.5. The molecule has 1 aromatic carbocycles. The number of benzene rings is 1. The molecule has 2 N–H and O–H groups in total. The monoisotopic (exact) mass is 447 g/mol. The first-order valence-electron chi connectivity index (χ1n) is 11.2. The minimum Gasteiger partial charge on any atom is -0.391 e. The maximum atomic E-state index is 14.9. The number of carbonyl (C=O) groups is 1. The van der Waals surface area contributed by atoms with Crippen molar-refractivity contribution >= 4 is 11.6 Å². The minimum absolute atomic E-state index is 0.262. The largest absolute Gasteiger partial charge is 0.391 e. The van der Waals surface area contributed by atoms with Crippen LogP contribution in [0.1, 0.15) is 47.2 Å². The van der Waals surface area contributed by atoms with Gasteiger partial charge in [0.1, 0.15) is 11.5 Å². The molecule has 170 valence electrons. The average molecular weight is 448 g/mol. The second-order valence-electron chi connectivity index (χ2n) is 8.71. The summed E-state index contributed by atoms with van der Waals surface area (Å²) in [4.78, 5) is 17.4. The predicted molar refractivity (Wildman–Crippen MR) is 122 cm³/mol. The van der Waals surface area contributed by atoms with E-state index in [-0.39, 0.29) is 17.8 Å². The number of carbonyl (C=O) groups excluding carboxylic acids is 1. The molecule has 0 bridgehead atoms. The number of hydrogen-bond donors (Lipinski definition) is 2. The lowest BCUT2D eigenvalue weighted by Gasteiger charge is -2.28. The highest BCUT2D eigenvalue weighted by molar-refractivity contribution is 6.00. The van der Waals surface area contributed by atoms with Crippen molar-refractivity contribution in [1.29, 1.82) is 0 Å². The summed E-state index contributed by atoms with van der Waals surface area (Å²) in [6, 6.07) is 8.45. The minimum atomic E-state index is -0.534. The number of pyridine rings is 1. The van der Waals surface area contributed by atoms with Gasteiger partial charge in [-0.05, 0) is 42.2 Å². The van der Waals surface area contributed by atoms with E-state index in [1.165, 1.54) is 6.07 Å². The van der Waals surface area contributed by atoms with Gasteiger partial charge in [0.25, 0.3) is 5.91 Å². The molecule has 1 aliphatic rings. The summed E-state index contributed by atoms with van der Waals surface area (Å²) in [7, 11) is 1.82. The fourth-order valence-corrected chi connectivity index (χ4v) is 4.52. The molecular weight excluding hydrogens is 421 g/mol. The second-order valence-corrected chi connectivity index (χ2v) is 8.71. The molecule has 1 amide bonds. The topological polar surface area (TPSA) is 84.5 Å². The third kappa shape index (κ3) is 4.39. The van der Waals surface area contributed by atoms with Crippen LogP contribution in [0.15, 0.2) is 55.1 Å². The number of fused-ring (bicyclic) bond motifs is 1. The van der Waals surface area contributed by atoms with Crippen LogP contribution in [0.3, 0.4) is 0 Å². The highest BCUT2D eigenvalue weighted by Gasteiger charge is 2.26. The number of halogens is 1. The molecule has 1 saturated carbocycles. The van der Waals surface area contributed by atoms with Gasteiger partial charge in [0, 0.05) is 43.8 Å². The number of hydrogen-bond acceptors (Lipinski definition) is 4. The van der Waals surface area contributed by atoms with Crippen molar-refractivity contribution in [1.82, 2.24) is 24.5 Å². The van der Waals surface area contributed by atoms with Gasteiger partial charge < -0.3 is 14.8 Å². The highest BCUT2D eigenvalue weighted by atomic mass is 19.1. The Hall–Kier alpha value is -3.52. The van der Waals surface area contributed by atoms with E-state index in [0.717, 1.165) is 24.8 Å². The van der Waals surface area contributed by atoms with Crippen molar-refractivity contribution in [2.75, 3.05) is 0 Å². The van der Waals surface area contributed by atoms with Gasteiger partial charge in [-0.15, -0.1) is 0 Å². The normalized spacial score (nSPS) is 18.5. The number of aliphatic hydroxyl groups excluding tert-OH is 1. The Morgan fingerprint density at radius 3 is 2.82 bits per heavy atom. The van der Waals surface area contributed by atoms with E-state index < -0.39 is 6.10 Å². The summed E-state index contributed by atoms with van der Waals surface area (Å²) in [6.45, 7) is 0. The first kappa shape index (κ1) is 21.3. The van der Waals surface area contributed by atoms with Crippen LogP contribution in [0.5, 0.6) is 0 Å². The zero-order valence-electron chi connectivity index (χ0n) is 18.4. The van der Waals surface area contributed by atoms with Crippen molar-refractivity contribution in [3.63, 3.8) is 0 Å². The molecule has 33 heavy (non-hydrogen) atoms. The number of nitrogens with zero attached hydrogens (tertiary/aromatic N) is 4. The smallest absolute Gasteiger partial charge is 0.255 e. The molecule has 5 rings (SSSR count). The van der Waals surface area contributed by atoms with Crippen molar-refractivity contribution in [2.45, 2.75) is 44.2 Å². The number of imidazole rings is 1. The molecule has 2 atom stereocenters. The maximum Gasteiger partial charge on any atom is 0.255 e. The summed E-state index contributed by atoms with van der Waals surface area (Å²) in [5.41, 5.74) is 3.70. The van der Waals surface area contributed by atoms with E-state index in [2.05, 4.69) is 15.4 Å². The van der Waals surface area contributed by atoms with E-state index in [9.17, 15) is 14.3 Å². The van der Waals surface area contributed by atoms with Crippen LogP contribution in [0.4, 0.5) is 4.39 Å². The van der Waals surface area contributed by atoms with Gasteiger partial charge >= 0.3 is 0 Å². The molecule has 8 heteroatoms. The van der Waals surface area contributed by atoms with E-state index in [1.807, 2.05) is 31.6 Å². The first-order valence-corrected chi connectivity index (χ1v) is 11.2. The Balaban J connectivity index is 1.41. The lowest BCUT2D eigenvalue weighted by Crippen LogP contribution is -2.45. The maximum absolute atomic E-state index is 14.9. The van der Waals surface area contributed by atoms with Crippen LogP contribution in [0.25, 0.3) is 16.9 Å². The van der Waals surface area contributed by atoms with Gasteiger partial charge in [-0.1, -0.05) is 25.0 Å². The quantitative estimate of drug-likeness (QED) is 0.491. The molecule has 0 saturated heterocycles. The van der Waals surface area contributed by atoms with Gasteiger partial charge in [-0.25, -0.2) is 9.37 Å². The third-order valence-electron chi connectivity index (χ3n) is 6.29. The zero-order valence-corrected chi connectivity index (χ0v) is 18.4. The van der Waals surface area contributed by atoms with E-state index >= 15 is 0 Å². The van der Waals surface area contributed by atoms with E-state index in [0.29, 0.717) is 40.9 Å². The molecule has 0 radical (unpaired) electrons. The molecule has 3 heterocycles. The third-order valence-corrected chi connectivity index (χ3v) is 6.29. The van der Waals surface area contributed by atoms with Crippen LogP contribution < -0.4 is 5.32 Å². The first-order chi connectivity index (χ1) is 16.0. The lowest BCUT2D eigenvalue weighted by molar-refractivity contribution is 0.0718. The SMILES string of the molecule is Cn1ccc(-c2ccc(Cc3cc(C(=O)N[C@H]4CCCC[C@@H]4O)c4nccn4c3)c(F)c2)n1. The molecule has 0 spiro atoms. The Morgan fingerprint density at radius 2 is 2.06 bits per heavy atom. The molecule has 4 aromatic rings. The number of aliphatic hydroxyl groups is 1. The fourth-order valence-electron chi connectivity index (χ4n) is 4.52. The predicted octanol–water partition coefficient (Wildman–Crippen LogP) is 3.50. The van der Waals surface area contributed by atoms with Gasteiger partial charge in [-0.2, -0.15) is 5.10 Å². The fraction of sp³-hybridized carbons (Fsp3) is 0.320. The van der Waals surface area contributed by atoms with Crippen molar-refractivity contribution in [3.8, 4) is 11.3 Å². The summed E-state index contributed by atoms with van der Waals surface area (Å²) in [5.74, 6) is -0.592. The molecule has 1 aliphatic carbocycles. The summed E-state index contributed by atoms with van der Waals surface area (Å²) < 4.78 is 18.4. The number of amides is 1. The Kier molecular flexibility index (Phi) is 5.68. The van der Waals surface area contributed by atoms with E-state index in [4.69, 9.17) is 0 Å². The van der Waals surface area contributed by atoms with E-state index in [1.54, 1.807) is 33.6 Å².